The Hall–Kier alpha value is -1.51. The largest absolute Gasteiger partial charge is 0.417 e. The zero-order valence-electron chi connectivity index (χ0n) is 7.63. The maximum absolute atomic E-state index is 10.8. The Labute approximate surface area is 75.4 Å². The highest BCUT2D eigenvalue weighted by atomic mass is 16.4. The Morgan fingerprint density at radius 1 is 1.38 bits per heavy atom. The molecule has 3 nitrogen and oxygen atoms in total. The monoisotopic (exact) mass is 177 g/mol. The van der Waals surface area contributed by atoms with E-state index in [9.17, 15) is 4.79 Å². The lowest BCUT2D eigenvalue weighted by atomic mass is 10.0. The lowest BCUT2D eigenvalue weighted by molar-refractivity contribution is 0.555. The summed E-state index contributed by atoms with van der Waals surface area (Å²) in [4.78, 5) is 13.5. The van der Waals surface area contributed by atoms with Crippen molar-refractivity contribution in [2.45, 2.75) is 19.8 Å². The van der Waals surface area contributed by atoms with E-state index < -0.39 is 5.76 Å². The van der Waals surface area contributed by atoms with Crippen molar-refractivity contribution < 1.29 is 4.42 Å². The van der Waals surface area contributed by atoms with Crippen molar-refractivity contribution in [2.75, 3.05) is 0 Å². The van der Waals surface area contributed by atoms with Crippen LogP contribution in [0, 0.1) is 0 Å². The molecule has 0 atom stereocenters. The summed E-state index contributed by atoms with van der Waals surface area (Å²) in [7, 11) is 0. The van der Waals surface area contributed by atoms with Crippen molar-refractivity contribution in [1.29, 1.82) is 0 Å². The van der Waals surface area contributed by atoms with Crippen LogP contribution >= 0.6 is 0 Å². The molecule has 0 bridgehead atoms. The molecule has 0 unspecified atom stereocenters. The first-order chi connectivity index (χ1) is 6.16. The second kappa shape index (κ2) is 2.76. The van der Waals surface area contributed by atoms with Crippen molar-refractivity contribution in [1.82, 2.24) is 4.98 Å². The molecule has 2 rings (SSSR count). The molecule has 0 saturated carbocycles. The lowest BCUT2D eigenvalue weighted by Gasteiger charge is -2.02. The first kappa shape index (κ1) is 8.10. The van der Waals surface area contributed by atoms with Crippen LogP contribution in [0.3, 0.4) is 0 Å². The van der Waals surface area contributed by atoms with Gasteiger partial charge in [-0.05, 0) is 23.6 Å². The molecule has 0 spiro atoms. The van der Waals surface area contributed by atoms with Gasteiger partial charge in [0, 0.05) is 0 Å². The summed E-state index contributed by atoms with van der Waals surface area (Å²) >= 11 is 0. The topological polar surface area (TPSA) is 46.0 Å². The van der Waals surface area contributed by atoms with Crippen LogP contribution < -0.4 is 5.76 Å². The van der Waals surface area contributed by atoms with Gasteiger partial charge in [0.15, 0.2) is 5.58 Å². The van der Waals surface area contributed by atoms with Gasteiger partial charge in [-0.15, -0.1) is 0 Å². The normalized spacial score (nSPS) is 11.3. The number of rotatable bonds is 1. The summed E-state index contributed by atoms with van der Waals surface area (Å²) in [6.07, 6.45) is 0. The fourth-order valence-corrected chi connectivity index (χ4v) is 1.33. The molecule has 1 N–H and O–H groups in total. The van der Waals surface area contributed by atoms with E-state index in [1.807, 2.05) is 18.2 Å². The number of fused-ring (bicyclic) bond motifs is 1. The molecule has 13 heavy (non-hydrogen) atoms. The van der Waals surface area contributed by atoms with Gasteiger partial charge >= 0.3 is 5.76 Å². The van der Waals surface area contributed by atoms with E-state index in [0.29, 0.717) is 11.5 Å². The van der Waals surface area contributed by atoms with Crippen LogP contribution in [0.1, 0.15) is 25.3 Å². The van der Waals surface area contributed by atoms with Gasteiger partial charge in [-0.25, -0.2) is 4.79 Å². The first-order valence-corrected chi connectivity index (χ1v) is 4.29. The van der Waals surface area contributed by atoms with Crippen molar-refractivity contribution >= 4 is 11.1 Å². The highest BCUT2D eigenvalue weighted by Crippen LogP contribution is 2.18. The highest BCUT2D eigenvalue weighted by molar-refractivity contribution is 5.72. The summed E-state index contributed by atoms with van der Waals surface area (Å²) < 4.78 is 4.89. The van der Waals surface area contributed by atoms with Gasteiger partial charge in [0.2, 0.25) is 0 Å². The van der Waals surface area contributed by atoms with E-state index in [1.54, 1.807) is 0 Å². The Morgan fingerprint density at radius 2 is 2.15 bits per heavy atom. The lowest BCUT2D eigenvalue weighted by Crippen LogP contribution is -1.93. The molecule has 1 heterocycles. The predicted molar refractivity (Wildman–Crippen MR) is 50.9 cm³/mol. The second-order valence-electron chi connectivity index (χ2n) is 3.42. The standard InChI is InChI=1S/C10H11NO2/c1-6(2)7-3-4-9-8(5-7)11-10(12)13-9/h3-6H,1-2H3,(H,11,12). The van der Waals surface area contributed by atoms with E-state index in [-0.39, 0.29) is 0 Å². The fraction of sp³-hybridized carbons (Fsp3) is 0.300. The third-order valence-corrected chi connectivity index (χ3v) is 2.11. The van der Waals surface area contributed by atoms with Crippen LogP contribution in [0.15, 0.2) is 27.4 Å². The molecule has 0 saturated heterocycles. The smallest absolute Gasteiger partial charge is 0.408 e. The minimum Gasteiger partial charge on any atom is -0.408 e. The molecule has 1 aromatic carbocycles. The van der Waals surface area contributed by atoms with Gasteiger partial charge in [0.25, 0.3) is 0 Å². The number of hydrogen-bond donors (Lipinski definition) is 1. The third kappa shape index (κ3) is 1.37. The van der Waals surface area contributed by atoms with Gasteiger partial charge in [0.1, 0.15) is 0 Å². The summed E-state index contributed by atoms with van der Waals surface area (Å²) in [5.74, 6) is 0.0682. The van der Waals surface area contributed by atoms with E-state index in [1.165, 1.54) is 5.56 Å². The number of benzene rings is 1. The van der Waals surface area contributed by atoms with Gasteiger partial charge in [-0.2, -0.15) is 0 Å². The van der Waals surface area contributed by atoms with Crippen molar-refractivity contribution in [2.24, 2.45) is 0 Å². The molecule has 2 aromatic rings. The van der Waals surface area contributed by atoms with Crippen LogP contribution in [0.4, 0.5) is 0 Å². The first-order valence-electron chi connectivity index (χ1n) is 4.29. The molecule has 0 amide bonds. The average Bonchev–Trinajstić information content (AvgIpc) is 2.42. The Bertz CT molecular complexity index is 479. The molecule has 0 radical (unpaired) electrons. The summed E-state index contributed by atoms with van der Waals surface area (Å²) in [6, 6.07) is 5.75. The Kier molecular flexibility index (Phi) is 1.72. The predicted octanol–water partition coefficient (Wildman–Crippen LogP) is 2.24. The van der Waals surface area contributed by atoms with Crippen molar-refractivity contribution in [3.05, 3.63) is 34.3 Å². The third-order valence-electron chi connectivity index (χ3n) is 2.11. The second-order valence-corrected chi connectivity index (χ2v) is 3.42. The zero-order valence-corrected chi connectivity index (χ0v) is 7.63. The molecule has 0 aliphatic heterocycles. The molecular weight excluding hydrogens is 166 g/mol. The Balaban J connectivity index is 2.68. The minimum atomic E-state index is -0.393. The fourth-order valence-electron chi connectivity index (χ4n) is 1.33. The van der Waals surface area contributed by atoms with Crippen LogP contribution in [0.5, 0.6) is 0 Å². The minimum absolute atomic E-state index is 0.393. The quantitative estimate of drug-likeness (QED) is 0.726. The maximum atomic E-state index is 10.8. The highest BCUT2D eigenvalue weighted by Gasteiger charge is 2.03. The Morgan fingerprint density at radius 3 is 2.85 bits per heavy atom. The van der Waals surface area contributed by atoms with Crippen LogP contribution in [-0.4, -0.2) is 4.98 Å². The molecule has 68 valence electrons. The number of nitrogens with one attached hydrogen (secondary N) is 1. The van der Waals surface area contributed by atoms with Crippen molar-refractivity contribution in [3.8, 4) is 0 Å². The van der Waals surface area contributed by atoms with Gasteiger partial charge < -0.3 is 4.42 Å². The van der Waals surface area contributed by atoms with Gasteiger partial charge in [-0.3, -0.25) is 4.98 Å². The van der Waals surface area contributed by atoms with Crippen LogP contribution in [-0.2, 0) is 0 Å². The number of oxazole rings is 1. The van der Waals surface area contributed by atoms with Crippen LogP contribution in [0.2, 0.25) is 0 Å². The molecular formula is C10H11NO2. The van der Waals surface area contributed by atoms with Gasteiger partial charge in [0.05, 0.1) is 5.52 Å². The number of hydrogen-bond acceptors (Lipinski definition) is 2. The van der Waals surface area contributed by atoms with Crippen LogP contribution in [0.25, 0.3) is 11.1 Å². The molecule has 3 heteroatoms. The van der Waals surface area contributed by atoms with E-state index >= 15 is 0 Å². The molecule has 0 aliphatic rings. The molecule has 0 fully saturated rings. The average molecular weight is 177 g/mol. The van der Waals surface area contributed by atoms with E-state index in [0.717, 1.165) is 5.52 Å². The number of H-pyrrole nitrogens is 1. The number of aromatic nitrogens is 1. The SMILES string of the molecule is CC(C)c1ccc2oc(=O)[nH]c2c1. The summed E-state index contributed by atoms with van der Waals surface area (Å²) in [5.41, 5.74) is 2.59. The molecule has 1 aromatic heterocycles. The maximum Gasteiger partial charge on any atom is 0.417 e. The van der Waals surface area contributed by atoms with Gasteiger partial charge in [-0.1, -0.05) is 19.9 Å². The summed E-state index contributed by atoms with van der Waals surface area (Å²) in [5, 5.41) is 0. The zero-order chi connectivity index (χ0) is 9.42. The number of aromatic amines is 1. The molecule has 0 aliphatic carbocycles. The van der Waals surface area contributed by atoms with E-state index in [4.69, 9.17) is 4.42 Å². The van der Waals surface area contributed by atoms with E-state index in [2.05, 4.69) is 18.8 Å². The van der Waals surface area contributed by atoms with Crippen molar-refractivity contribution in [3.63, 3.8) is 0 Å². The summed E-state index contributed by atoms with van der Waals surface area (Å²) in [6.45, 7) is 4.22.